The van der Waals surface area contributed by atoms with Gasteiger partial charge in [-0.3, -0.25) is 4.79 Å². The van der Waals surface area contributed by atoms with Crippen molar-refractivity contribution in [3.8, 4) is 5.75 Å². The molecule has 5 nitrogen and oxygen atoms in total. The molecule has 0 aliphatic carbocycles. The number of aromatic nitrogens is 2. The summed E-state index contributed by atoms with van der Waals surface area (Å²) in [6, 6.07) is 14.6. The second-order valence-electron chi connectivity index (χ2n) is 5.56. The van der Waals surface area contributed by atoms with E-state index in [1.807, 2.05) is 60.3 Å². The summed E-state index contributed by atoms with van der Waals surface area (Å²) >= 11 is 3.43. The van der Waals surface area contributed by atoms with Crippen LogP contribution in [0.1, 0.15) is 27.8 Å². The van der Waals surface area contributed by atoms with Gasteiger partial charge in [-0.1, -0.05) is 24.3 Å². The molecule has 0 spiro atoms. The molecule has 25 heavy (non-hydrogen) atoms. The number of hydrogen-bond donors (Lipinski definition) is 1. The lowest BCUT2D eigenvalue weighted by Crippen LogP contribution is -2.31. The molecule has 0 saturated carbocycles. The van der Waals surface area contributed by atoms with Crippen LogP contribution in [0.2, 0.25) is 0 Å². The van der Waals surface area contributed by atoms with Crippen LogP contribution < -0.4 is 10.1 Å². The zero-order valence-corrected chi connectivity index (χ0v) is 15.5. The number of imidazole rings is 1. The van der Waals surface area contributed by atoms with Crippen LogP contribution in [0.25, 0.3) is 0 Å². The Kier molecular flexibility index (Phi) is 5.19. The number of amides is 1. The van der Waals surface area contributed by atoms with Crippen LogP contribution in [0.15, 0.2) is 65.4 Å². The van der Waals surface area contributed by atoms with E-state index in [1.165, 1.54) is 0 Å². The Morgan fingerprint density at radius 2 is 2.04 bits per heavy atom. The number of carbonyl (C=O) groups is 1. The van der Waals surface area contributed by atoms with Gasteiger partial charge in [0.05, 0.1) is 12.7 Å². The van der Waals surface area contributed by atoms with Gasteiger partial charge in [-0.2, -0.15) is 0 Å². The van der Waals surface area contributed by atoms with Crippen molar-refractivity contribution >= 4 is 21.8 Å². The molecule has 1 atom stereocenters. The highest BCUT2D eigenvalue weighted by atomic mass is 79.9. The summed E-state index contributed by atoms with van der Waals surface area (Å²) in [4.78, 5) is 17.2. The van der Waals surface area contributed by atoms with Crippen LogP contribution in [-0.2, 0) is 7.05 Å². The van der Waals surface area contributed by atoms with Gasteiger partial charge in [0.2, 0.25) is 0 Å². The lowest BCUT2D eigenvalue weighted by Gasteiger charge is -2.20. The monoisotopic (exact) mass is 399 g/mol. The van der Waals surface area contributed by atoms with Gasteiger partial charge in [0.25, 0.3) is 5.91 Å². The van der Waals surface area contributed by atoms with Crippen LogP contribution in [0.3, 0.4) is 0 Å². The summed E-state index contributed by atoms with van der Waals surface area (Å²) in [5.74, 6) is 1.30. The summed E-state index contributed by atoms with van der Waals surface area (Å²) in [6.07, 6.45) is 3.57. The third kappa shape index (κ3) is 3.74. The summed E-state index contributed by atoms with van der Waals surface area (Å²) in [5, 5.41) is 3.08. The largest absolute Gasteiger partial charge is 0.497 e. The third-order valence-corrected chi connectivity index (χ3v) is 4.63. The van der Waals surface area contributed by atoms with Gasteiger partial charge in [0, 0.05) is 23.9 Å². The molecule has 0 saturated heterocycles. The van der Waals surface area contributed by atoms with E-state index in [1.54, 1.807) is 19.4 Å². The standard InChI is InChI=1S/C19H18BrN3O2/c1-23-11-10-21-18(23)17(13-6-5-7-14(12-13)25-2)22-19(24)15-8-3-4-9-16(15)20/h3-12,17H,1-2H3,(H,22,24). The van der Waals surface area contributed by atoms with Crippen molar-refractivity contribution in [3.63, 3.8) is 0 Å². The predicted octanol–water partition coefficient (Wildman–Crippen LogP) is 3.71. The zero-order valence-electron chi connectivity index (χ0n) is 13.9. The average molecular weight is 400 g/mol. The number of methoxy groups -OCH3 is 1. The maximum atomic E-state index is 12.8. The number of aryl methyl sites for hydroxylation is 1. The molecule has 0 aliphatic heterocycles. The van der Waals surface area contributed by atoms with Gasteiger partial charge in [-0.15, -0.1) is 0 Å². The summed E-state index contributed by atoms with van der Waals surface area (Å²) in [7, 11) is 3.52. The Labute approximate surface area is 154 Å². The van der Waals surface area contributed by atoms with Gasteiger partial charge in [-0.25, -0.2) is 4.98 Å². The first-order chi connectivity index (χ1) is 12.1. The normalized spacial score (nSPS) is 11.8. The van der Waals surface area contributed by atoms with E-state index >= 15 is 0 Å². The number of halogens is 1. The summed E-state index contributed by atoms with van der Waals surface area (Å²) < 4.78 is 7.95. The second kappa shape index (κ2) is 7.53. The van der Waals surface area contributed by atoms with Crippen molar-refractivity contribution in [1.29, 1.82) is 0 Å². The predicted molar refractivity (Wildman–Crippen MR) is 99.7 cm³/mol. The zero-order chi connectivity index (χ0) is 17.8. The van der Waals surface area contributed by atoms with Gasteiger partial charge >= 0.3 is 0 Å². The maximum Gasteiger partial charge on any atom is 0.253 e. The van der Waals surface area contributed by atoms with Gasteiger partial charge < -0.3 is 14.6 Å². The minimum atomic E-state index is -0.394. The van der Waals surface area contributed by atoms with E-state index in [4.69, 9.17) is 4.74 Å². The lowest BCUT2D eigenvalue weighted by molar-refractivity contribution is 0.0940. The second-order valence-corrected chi connectivity index (χ2v) is 6.41. The molecule has 0 aliphatic rings. The van der Waals surface area contributed by atoms with Crippen molar-refractivity contribution in [2.75, 3.05) is 7.11 Å². The molecule has 1 heterocycles. The average Bonchev–Trinajstić information content (AvgIpc) is 3.05. The first kappa shape index (κ1) is 17.2. The molecule has 3 aromatic rings. The van der Waals surface area contributed by atoms with E-state index < -0.39 is 6.04 Å². The minimum Gasteiger partial charge on any atom is -0.497 e. The molecular weight excluding hydrogens is 382 g/mol. The molecule has 1 N–H and O–H groups in total. The molecule has 6 heteroatoms. The molecule has 0 fully saturated rings. The molecule has 3 rings (SSSR count). The minimum absolute atomic E-state index is 0.178. The Morgan fingerprint density at radius 3 is 2.72 bits per heavy atom. The number of benzene rings is 2. The highest BCUT2D eigenvalue weighted by Gasteiger charge is 2.22. The smallest absolute Gasteiger partial charge is 0.253 e. The highest BCUT2D eigenvalue weighted by Crippen LogP contribution is 2.25. The van der Waals surface area contributed by atoms with E-state index in [2.05, 4.69) is 26.2 Å². The van der Waals surface area contributed by atoms with Crippen molar-refractivity contribution < 1.29 is 9.53 Å². The Balaban J connectivity index is 1.99. The summed E-state index contributed by atoms with van der Waals surface area (Å²) in [6.45, 7) is 0. The van der Waals surface area contributed by atoms with E-state index in [0.717, 1.165) is 21.6 Å². The number of carbonyl (C=O) groups excluding carboxylic acids is 1. The number of nitrogens with one attached hydrogen (secondary N) is 1. The summed E-state index contributed by atoms with van der Waals surface area (Å²) in [5.41, 5.74) is 1.47. The van der Waals surface area contributed by atoms with Crippen LogP contribution in [0.5, 0.6) is 5.75 Å². The van der Waals surface area contributed by atoms with Gasteiger partial charge in [-0.05, 0) is 45.8 Å². The fourth-order valence-electron chi connectivity index (χ4n) is 2.63. The van der Waals surface area contributed by atoms with Crippen LogP contribution in [-0.4, -0.2) is 22.6 Å². The first-order valence-corrected chi connectivity index (χ1v) is 8.56. The molecule has 128 valence electrons. The van der Waals surface area contributed by atoms with Crippen LogP contribution >= 0.6 is 15.9 Å². The van der Waals surface area contributed by atoms with Crippen molar-refractivity contribution in [1.82, 2.24) is 14.9 Å². The van der Waals surface area contributed by atoms with Gasteiger partial charge in [0.15, 0.2) is 0 Å². The quantitative estimate of drug-likeness (QED) is 0.711. The maximum absolute atomic E-state index is 12.8. The topological polar surface area (TPSA) is 56.1 Å². The number of rotatable bonds is 5. The van der Waals surface area contributed by atoms with Crippen LogP contribution in [0.4, 0.5) is 0 Å². The fourth-order valence-corrected chi connectivity index (χ4v) is 3.09. The lowest BCUT2D eigenvalue weighted by atomic mass is 10.0. The number of ether oxygens (including phenoxy) is 1. The Hall–Kier alpha value is -2.60. The first-order valence-electron chi connectivity index (χ1n) is 7.76. The molecule has 1 aromatic heterocycles. The Bertz CT molecular complexity index is 892. The molecule has 0 bridgehead atoms. The number of hydrogen-bond acceptors (Lipinski definition) is 3. The van der Waals surface area contributed by atoms with Crippen LogP contribution in [0, 0.1) is 0 Å². The number of nitrogens with zero attached hydrogens (tertiary/aromatic N) is 2. The van der Waals surface area contributed by atoms with Crippen molar-refractivity contribution in [2.45, 2.75) is 6.04 Å². The van der Waals surface area contributed by atoms with E-state index in [9.17, 15) is 4.79 Å². The SMILES string of the molecule is COc1cccc(C(NC(=O)c2ccccc2Br)c2nccn2C)c1. The fraction of sp³-hybridized carbons (Fsp3) is 0.158. The molecule has 1 unspecified atom stereocenters. The third-order valence-electron chi connectivity index (χ3n) is 3.94. The highest BCUT2D eigenvalue weighted by molar-refractivity contribution is 9.10. The molecule has 1 amide bonds. The molecule has 0 radical (unpaired) electrons. The molecule has 2 aromatic carbocycles. The van der Waals surface area contributed by atoms with E-state index in [-0.39, 0.29) is 5.91 Å². The van der Waals surface area contributed by atoms with Crippen molar-refractivity contribution in [2.24, 2.45) is 7.05 Å². The van der Waals surface area contributed by atoms with E-state index in [0.29, 0.717) is 5.56 Å². The molecular formula is C19H18BrN3O2. The Morgan fingerprint density at radius 1 is 1.24 bits per heavy atom. The van der Waals surface area contributed by atoms with Crippen molar-refractivity contribution in [3.05, 3.63) is 82.3 Å². The van der Waals surface area contributed by atoms with Gasteiger partial charge in [0.1, 0.15) is 17.6 Å².